The van der Waals surface area contributed by atoms with Gasteiger partial charge in [0.15, 0.2) is 0 Å². The van der Waals surface area contributed by atoms with Crippen molar-refractivity contribution in [3.8, 4) is 5.69 Å². The summed E-state index contributed by atoms with van der Waals surface area (Å²) in [6, 6.07) is 22.8. The Bertz CT molecular complexity index is 1010. The number of benzene rings is 3. The molecule has 1 heterocycles. The summed E-state index contributed by atoms with van der Waals surface area (Å²) in [5, 5.41) is 17.5. The Balaban J connectivity index is 1.81. The first-order valence-electron chi connectivity index (χ1n) is 7.49. The van der Waals surface area contributed by atoms with Crippen LogP contribution in [0.4, 0.5) is 17.1 Å². The molecule has 4 rings (SSSR count). The number of para-hydroxylation sites is 1. The SMILES string of the molecule is Nc1ccc2nn(-c3ccccc3)nc2c1N=Nc1ccccc1. The third-order valence-corrected chi connectivity index (χ3v) is 3.57. The van der Waals surface area contributed by atoms with Gasteiger partial charge in [-0.25, -0.2) is 0 Å². The van der Waals surface area contributed by atoms with Gasteiger partial charge in [-0.2, -0.15) is 9.91 Å². The first-order valence-corrected chi connectivity index (χ1v) is 7.49. The molecule has 3 aromatic carbocycles. The van der Waals surface area contributed by atoms with Gasteiger partial charge in [0.25, 0.3) is 0 Å². The van der Waals surface area contributed by atoms with Crippen molar-refractivity contribution in [3.63, 3.8) is 0 Å². The molecule has 0 amide bonds. The zero-order valence-electron chi connectivity index (χ0n) is 12.7. The van der Waals surface area contributed by atoms with Crippen LogP contribution in [0.5, 0.6) is 0 Å². The number of azo groups is 1. The lowest BCUT2D eigenvalue weighted by Gasteiger charge is -1.98. The molecule has 0 fully saturated rings. The van der Waals surface area contributed by atoms with Crippen LogP contribution in [0.2, 0.25) is 0 Å². The van der Waals surface area contributed by atoms with E-state index in [0.717, 1.165) is 16.9 Å². The van der Waals surface area contributed by atoms with Crippen molar-refractivity contribution in [1.82, 2.24) is 15.0 Å². The van der Waals surface area contributed by atoms with Gasteiger partial charge in [-0.05, 0) is 36.4 Å². The normalized spacial score (nSPS) is 11.3. The Kier molecular flexibility index (Phi) is 3.47. The van der Waals surface area contributed by atoms with Crippen LogP contribution in [0.1, 0.15) is 0 Å². The van der Waals surface area contributed by atoms with Gasteiger partial charge in [-0.3, -0.25) is 0 Å². The molecule has 116 valence electrons. The van der Waals surface area contributed by atoms with Crippen LogP contribution < -0.4 is 5.73 Å². The predicted octanol–water partition coefficient (Wildman–Crippen LogP) is 4.42. The second-order valence-electron chi connectivity index (χ2n) is 5.23. The highest BCUT2D eigenvalue weighted by atomic mass is 15.5. The first-order chi connectivity index (χ1) is 11.8. The highest BCUT2D eigenvalue weighted by Crippen LogP contribution is 2.31. The average Bonchev–Trinajstić information content (AvgIpc) is 3.07. The van der Waals surface area contributed by atoms with Crippen LogP contribution in [0.25, 0.3) is 16.7 Å². The molecule has 1 aromatic heterocycles. The molecule has 0 aliphatic carbocycles. The summed E-state index contributed by atoms with van der Waals surface area (Å²) in [6.07, 6.45) is 0. The van der Waals surface area contributed by atoms with Crippen molar-refractivity contribution in [2.75, 3.05) is 5.73 Å². The molecule has 24 heavy (non-hydrogen) atoms. The molecule has 0 saturated carbocycles. The standard InChI is InChI=1S/C18H14N6/c19-15-11-12-16-18(17(15)21-20-13-7-3-1-4-8-13)23-24(22-16)14-9-5-2-6-10-14/h1-12H,19H2. The van der Waals surface area contributed by atoms with E-state index in [9.17, 15) is 0 Å². The molecule has 0 unspecified atom stereocenters. The fraction of sp³-hybridized carbons (Fsp3) is 0. The summed E-state index contributed by atoms with van der Waals surface area (Å²) in [5.41, 5.74) is 10.1. The minimum Gasteiger partial charge on any atom is -0.397 e. The summed E-state index contributed by atoms with van der Waals surface area (Å²) in [6.45, 7) is 0. The molecule has 0 saturated heterocycles. The second kappa shape index (κ2) is 5.92. The van der Waals surface area contributed by atoms with Crippen molar-refractivity contribution in [2.24, 2.45) is 10.2 Å². The van der Waals surface area contributed by atoms with E-state index in [4.69, 9.17) is 5.73 Å². The van der Waals surface area contributed by atoms with Gasteiger partial charge in [-0.15, -0.1) is 15.3 Å². The van der Waals surface area contributed by atoms with Crippen molar-refractivity contribution in [2.45, 2.75) is 0 Å². The maximum atomic E-state index is 6.07. The summed E-state index contributed by atoms with van der Waals surface area (Å²) in [7, 11) is 0. The van der Waals surface area contributed by atoms with Gasteiger partial charge < -0.3 is 5.73 Å². The zero-order chi connectivity index (χ0) is 16.4. The van der Waals surface area contributed by atoms with Crippen LogP contribution in [-0.2, 0) is 0 Å². The molecule has 2 N–H and O–H groups in total. The average molecular weight is 314 g/mol. The lowest BCUT2D eigenvalue weighted by atomic mass is 10.2. The highest BCUT2D eigenvalue weighted by Gasteiger charge is 2.12. The molecule has 0 atom stereocenters. The first kappa shape index (κ1) is 14.1. The number of nitrogen functional groups attached to an aromatic ring is 1. The lowest BCUT2D eigenvalue weighted by Crippen LogP contribution is -1.97. The van der Waals surface area contributed by atoms with Gasteiger partial charge in [0, 0.05) is 0 Å². The Labute approximate surface area is 138 Å². The summed E-state index contributed by atoms with van der Waals surface area (Å²) < 4.78 is 0. The maximum absolute atomic E-state index is 6.07. The maximum Gasteiger partial charge on any atom is 0.143 e. The van der Waals surface area contributed by atoms with E-state index in [1.54, 1.807) is 10.9 Å². The minimum atomic E-state index is 0.516. The lowest BCUT2D eigenvalue weighted by molar-refractivity contribution is 0.765. The van der Waals surface area contributed by atoms with Crippen molar-refractivity contribution in [3.05, 3.63) is 72.8 Å². The Morgan fingerprint density at radius 2 is 1.46 bits per heavy atom. The van der Waals surface area contributed by atoms with E-state index in [0.29, 0.717) is 16.9 Å². The van der Waals surface area contributed by atoms with E-state index in [1.165, 1.54) is 0 Å². The number of nitrogens with zero attached hydrogens (tertiary/aromatic N) is 5. The zero-order valence-corrected chi connectivity index (χ0v) is 12.7. The number of fused-ring (bicyclic) bond motifs is 1. The molecular weight excluding hydrogens is 300 g/mol. The molecule has 6 nitrogen and oxygen atoms in total. The van der Waals surface area contributed by atoms with Gasteiger partial charge in [0.05, 0.1) is 17.1 Å². The fourth-order valence-corrected chi connectivity index (χ4v) is 2.37. The Morgan fingerprint density at radius 1 is 0.750 bits per heavy atom. The number of aromatic nitrogens is 3. The minimum absolute atomic E-state index is 0.516. The molecular formula is C18H14N6. The Morgan fingerprint density at radius 3 is 2.21 bits per heavy atom. The van der Waals surface area contributed by atoms with Crippen LogP contribution in [0.3, 0.4) is 0 Å². The summed E-state index contributed by atoms with van der Waals surface area (Å²) in [5.74, 6) is 0. The van der Waals surface area contributed by atoms with Crippen molar-refractivity contribution in [1.29, 1.82) is 0 Å². The predicted molar refractivity (Wildman–Crippen MR) is 93.9 cm³/mol. The van der Waals surface area contributed by atoms with Gasteiger partial charge in [0.1, 0.15) is 16.7 Å². The highest BCUT2D eigenvalue weighted by molar-refractivity contribution is 5.92. The summed E-state index contributed by atoms with van der Waals surface area (Å²) in [4.78, 5) is 1.58. The van der Waals surface area contributed by atoms with Gasteiger partial charge >= 0.3 is 0 Å². The number of hydrogen-bond donors (Lipinski definition) is 1. The molecule has 0 radical (unpaired) electrons. The second-order valence-corrected chi connectivity index (χ2v) is 5.23. The van der Waals surface area contributed by atoms with Crippen LogP contribution in [0, 0.1) is 0 Å². The van der Waals surface area contributed by atoms with Crippen LogP contribution in [0.15, 0.2) is 83.0 Å². The fourth-order valence-electron chi connectivity index (χ4n) is 2.37. The number of nitrogens with two attached hydrogens (primary N) is 1. The van der Waals surface area contributed by atoms with E-state index in [-0.39, 0.29) is 0 Å². The number of rotatable bonds is 3. The molecule has 6 heteroatoms. The third-order valence-electron chi connectivity index (χ3n) is 3.57. The van der Waals surface area contributed by atoms with Gasteiger partial charge in [0.2, 0.25) is 0 Å². The van der Waals surface area contributed by atoms with Crippen LogP contribution >= 0.6 is 0 Å². The van der Waals surface area contributed by atoms with E-state index in [2.05, 4.69) is 20.4 Å². The van der Waals surface area contributed by atoms with E-state index in [1.807, 2.05) is 66.7 Å². The third kappa shape index (κ3) is 2.61. The summed E-state index contributed by atoms with van der Waals surface area (Å²) >= 11 is 0. The largest absolute Gasteiger partial charge is 0.397 e. The molecule has 0 bridgehead atoms. The quantitative estimate of drug-likeness (QED) is 0.449. The molecule has 0 aliphatic rings. The van der Waals surface area contributed by atoms with Gasteiger partial charge in [-0.1, -0.05) is 36.4 Å². The van der Waals surface area contributed by atoms with Crippen molar-refractivity contribution >= 4 is 28.1 Å². The monoisotopic (exact) mass is 314 g/mol. The van der Waals surface area contributed by atoms with E-state index < -0.39 is 0 Å². The van der Waals surface area contributed by atoms with Crippen molar-refractivity contribution < 1.29 is 0 Å². The topological polar surface area (TPSA) is 81.5 Å². The molecule has 0 aliphatic heterocycles. The van der Waals surface area contributed by atoms with Crippen LogP contribution in [-0.4, -0.2) is 15.0 Å². The molecule has 0 spiro atoms. The number of anilines is 1. The Hall–Kier alpha value is -3.54. The molecule has 4 aromatic rings. The smallest absolute Gasteiger partial charge is 0.143 e. The van der Waals surface area contributed by atoms with E-state index >= 15 is 0 Å². The number of hydrogen-bond acceptors (Lipinski definition) is 5.